The number of aryl methyl sites for hydroxylation is 2. The van der Waals surface area contributed by atoms with Gasteiger partial charge in [-0.3, -0.25) is 14.3 Å². The number of aromatic amines is 1. The molecule has 1 aromatic carbocycles. The standard InChI is InChI=1S/C15H18N2O3/c1-11-4-6-13(7-5-11)20-9-3-8-17-12(2)10-14(18)16-15(17)19/h4-7,10H,3,8-9H2,1-2H3,(H,16,18,19). The Kier molecular flexibility index (Phi) is 4.40. The average molecular weight is 274 g/mol. The normalized spacial score (nSPS) is 10.5. The van der Waals surface area contributed by atoms with Crippen LogP contribution in [0.25, 0.3) is 0 Å². The highest BCUT2D eigenvalue weighted by Gasteiger charge is 2.02. The number of rotatable bonds is 5. The second kappa shape index (κ2) is 6.23. The van der Waals surface area contributed by atoms with E-state index in [1.807, 2.05) is 31.2 Å². The second-order valence-electron chi connectivity index (χ2n) is 4.75. The molecule has 5 nitrogen and oxygen atoms in total. The summed E-state index contributed by atoms with van der Waals surface area (Å²) < 4.78 is 7.14. The molecule has 0 aliphatic heterocycles. The summed E-state index contributed by atoms with van der Waals surface area (Å²) in [5.74, 6) is 0.820. The Labute approximate surface area is 116 Å². The molecule has 0 aliphatic carbocycles. The minimum absolute atomic E-state index is 0.361. The third-order valence-corrected chi connectivity index (χ3v) is 3.06. The molecule has 0 saturated heterocycles. The van der Waals surface area contributed by atoms with Crippen LogP contribution < -0.4 is 16.0 Å². The molecule has 0 amide bonds. The van der Waals surface area contributed by atoms with E-state index in [4.69, 9.17) is 4.74 Å². The molecule has 0 aliphatic rings. The van der Waals surface area contributed by atoms with Crippen molar-refractivity contribution in [2.24, 2.45) is 0 Å². The molecule has 1 aromatic heterocycles. The van der Waals surface area contributed by atoms with Gasteiger partial charge in [-0.2, -0.15) is 0 Å². The fourth-order valence-corrected chi connectivity index (χ4v) is 1.96. The fourth-order valence-electron chi connectivity index (χ4n) is 1.96. The van der Waals surface area contributed by atoms with Crippen LogP contribution in [0.15, 0.2) is 39.9 Å². The molecular weight excluding hydrogens is 256 g/mol. The van der Waals surface area contributed by atoms with E-state index in [-0.39, 0.29) is 11.2 Å². The maximum absolute atomic E-state index is 11.6. The molecule has 1 N–H and O–H groups in total. The van der Waals surface area contributed by atoms with Gasteiger partial charge in [0.1, 0.15) is 5.75 Å². The van der Waals surface area contributed by atoms with Crippen molar-refractivity contribution in [2.45, 2.75) is 26.8 Å². The summed E-state index contributed by atoms with van der Waals surface area (Å²) >= 11 is 0. The average Bonchev–Trinajstić information content (AvgIpc) is 2.39. The number of hydrogen-bond acceptors (Lipinski definition) is 3. The SMILES string of the molecule is Cc1ccc(OCCCn2c(C)cc(=O)[nH]c2=O)cc1. The zero-order valence-corrected chi connectivity index (χ0v) is 11.7. The van der Waals surface area contributed by atoms with Crippen molar-refractivity contribution in [2.75, 3.05) is 6.61 Å². The van der Waals surface area contributed by atoms with Crippen molar-refractivity contribution in [3.63, 3.8) is 0 Å². The quantitative estimate of drug-likeness (QED) is 0.843. The molecule has 2 rings (SSSR count). The third-order valence-electron chi connectivity index (χ3n) is 3.06. The van der Waals surface area contributed by atoms with E-state index in [0.29, 0.717) is 25.3 Å². The molecule has 1 heterocycles. The van der Waals surface area contributed by atoms with Crippen molar-refractivity contribution in [1.82, 2.24) is 9.55 Å². The summed E-state index contributed by atoms with van der Waals surface area (Å²) in [7, 11) is 0. The summed E-state index contributed by atoms with van der Waals surface area (Å²) in [5.41, 5.74) is 1.12. The molecule has 0 saturated carbocycles. The van der Waals surface area contributed by atoms with Crippen molar-refractivity contribution in [1.29, 1.82) is 0 Å². The van der Waals surface area contributed by atoms with E-state index in [0.717, 1.165) is 5.75 Å². The number of ether oxygens (including phenoxy) is 1. The molecule has 106 valence electrons. The Balaban J connectivity index is 1.89. The first-order valence-corrected chi connectivity index (χ1v) is 6.56. The molecule has 0 atom stereocenters. The summed E-state index contributed by atoms with van der Waals surface area (Å²) in [6, 6.07) is 9.25. The molecular formula is C15H18N2O3. The van der Waals surface area contributed by atoms with Crippen LogP contribution in [0.4, 0.5) is 0 Å². The van der Waals surface area contributed by atoms with Gasteiger partial charge in [0.15, 0.2) is 0 Å². The van der Waals surface area contributed by atoms with E-state index >= 15 is 0 Å². The summed E-state index contributed by atoms with van der Waals surface area (Å²) in [5, 5.41) is 0. The zero-order valence-electron chi connectivity index (χ0n) is 11.7. The minimum atomic E-state index is -0.370. The predicted molar refractivity (Wildman–Crippen MR) is 77.4 cm³/mol. The van der Waals surface area contributed by atoms with Crippen LogP contribution in [-0.2, 0) is 6.54 Å². The highest BCUT2D eigenvalue weighted by atomic mass is 16.5. The molecule has 5 heteroatoms. The highest BCUT2D eigenvalue weighted by molar-refractivity contribution is 5.26. The van der Waals surface area contributed by atoms with Gasteiger partial charge in [0, 0.05) is 18.3 Å². The molecule has 0 fully saturated rings. The number of aromatic nitrogens is 2. The Morgan fingerprint density at radius 1 is 1.15 bits per heavy atom. The third kappa shape index (κ3) is 3.60. The van der Waals surface area contributed by atoms with Gasteiger partial charge < -0.3 is 4.74 Å². The summed E-state index contributed by atoms with van der Waals surface area (Å²) in [6.45, 7) is 4.81. The lowest BCUT2D eigenvalue weighted by Gasteiger charge is -2.09. The van der Waals surface area contributed by atoms with Crippen LogP contribution in [0.2, 0.25) is 0 Å². The maximum atomic E-state index is 11.6. The van der Waals surface area contributed by atoms with E-state index in [9.17, 15) is 9.59 Å². The van der Waals surface area contributed by atoms with Gasteiger partial charge in [-0.25, -0.2) is 4.79 Å². The Morgan fingerprint density at radius 3 is 2.50 bits per heavy atom. The summed E-state index contributed by atoms with van der Waals surface area (Å²) in [4.78, 5) is 25.0. The largest absolute Gasteiger partial charge is 0.494 e. The van der Waals surface area contributed by atoms with Crippen LogP contribution in [0.3, 0.4) is 0 Å². The Morgan fingerprint density at radius 2 is 1.85 bits per heavy atom. The number of nitrogens with one attached hydrogen (secondary N) is 1. The highest BCUT2D eigenvalue weighted by Crippen LogP contribution is 2.11. The number of H-pyrrole nitrogens is 1. The van der Waals surface area contributed by atoms with Crippen molar-refractivity contribution in [3.8, 4) is 5.75 Å². The lowest BCUT2D eigenvalue weighted by atomic mass is 10.2. The number of hydrogen-bond donors (Lipinski definition) is 1. The van der Waals surface area contributed by atoms with Gasteiger partial charge in [0.05, 0.1) is 6.61 Å². The number of benzene rings is 1. The van der Waals surface area contributed by atoms with Crippen molar-refractivity contribution < 1.29 is 4.74 Å². The van der Waals surface area contributed by atoms with Crippen LogP contribution >= 0.6 is 0 Å². The van der Waals surface area contributed by atoms with Crippen LogP contribution in [-0.4, -0.2) is 16.2 Å². The van der Waals surface area contributed by atoms with Gasteiger partial charge >= 0.3 is 5.69 Å². The summed E-state index contributed by atoms with van der Waals surface area (Å²) in [6.07, 6.45) is 0.695. The van der Waals surface area contributed by atoms with Crippen molar-refractivity contribution in [3.05, 3.63) is 62.4 Å². The Bertz CT molecular complexity index is 684. The van der Waals surface area contributed by atoms with E-state index < -0.39 is 0 Å². The maximum Gasteiger partial charge on any atom is 0.328 e. The fraction of sp³-hybridized carbons (Fsp3) is 0.333. The van der Waals surface area contributed by atoms with E-state index in [1.165, 1.54) is 11.6 Å². The minimum Gasteiger partial charge on any atom is -0.494 e. The molecule has 0 spiro atoms. The topological polar surface area (TPSA) is 64.1 Å². The molecule has 2 aromatic rings. The van der Waals surface area contributed by atoms with Gasteiger partial charge in [-0.1, -0.05) is 17.7 Å². The van der Waals surface area contributed by atoms with Crippen molar-refractivity contribution >= 4 is 0 Å². The van der Waals surface area contributed by atoms with Gasteiger partial charge in [-0.15, -0.1) is 0 Å². The molecule has 20 heavy (non-hydrogen) atoms. The molecule has 0 unspecified atom stereocenters. The monoisotopic (exact) mass is 274 g/mol. The van der Waals surface area contributed by atoms with E-state index in [1.54, 1.807) is 11.5 Å². The molecule has 0 radical (unpaired) electrons. The van der Waals surface area contributed by atoms with Crippen LogP contribution in [0.5, 0.6) is 5.75 Å². The lowest BCUT2D eigenvalue weighted by molar-refractivity contribution is 0.300. The smallest absolute Gasteiger partial charge is 0.328 e. The zero-order chi connectivity index (χ0) is 14.5. The van der Waals surface area contributed by atoms with Crippen LogP contribution in [0.1, 0.15) is 17.7 Å². The first kappa shape index (κ1) is 14.1. The Hall–Kier alpha value is -2.30. The van der Waals surface area contributed by atoms with Gasteiger partial charge in [-0.05, 0) is 32.4 Å². The van der Waals surface area contributed by atoms with Gasteiger partial charge in [0.25, 0.3) is 5.56 Å². The molecule has 0 bridgehead atoms. The van der Waals surface area contributed by atoms with Crippen LogP contribution in [0, 0.1) is 13.8 Å². The van der Waals surface area contributed by atoms with Gasteiger partial charge in [0.2, 0.25) is 0 Å². The lowest BCUT2D eigenvalue weighted by Crippen LogP contribution is -2.31. The second-order valence-corrected chi connectivity index (χ2v) is 4.75. The first-order chi connectivity index (χ1) is 9.56. The van der Waals surface area contributed by atoms with E-state index in [2.05, 4.69) is 4.98 Å². The predicted octanol–water partition coefficient (Wildman–Crippen LogP) is 1.62. The first-order valence-electron chi connectivity index (χ1n) is 6.56. The number of nitrogens with zero attached hydrogens (tertiary/aromatic N) is 1.